The van der Waals surface area contributed by atoms with Crippen LogP contribution in [-0.2, 0) is 16.6 Å². The molecule has 1 atom stereocenters. The molecular formula is C15H22N6O2S. The van der Waals surface area contributed by atoms with Crippen molar-refractivity contribution in [1.82, 2.24) is 24.3 Å². The number of aromatic nitrogens is 4. The highest BCUT2D eigenvalue weighted by molar-refractivity contribution is 7.89. The summed E-state index contributed by atoms with van der Waals surface area (Å²) in [4.78, 5) is 1.86. The molecule has 1 aliphatic heterocycles. The van der Waals surface area contributed by atoms with Gasteiger partial charge in [0, 0.05) is 27.2 Å². The second-order valence-electron chi connectivity index (χ2n) is 5.97. The molecule has 0 aromatic carbocycles. The van der Waals surface area contributed by atoms with Gasteiger partial charge in [0.2, 0.25) is 0 Å². The van der Waals surface area contributed by atoms with Gasteiger partial charge in [0.25, 0.3) is 10.0 Å². The van der Waals surface area contributed by atoms with Crippen LogP contribution < -0.4 is 4.90 Å². The van der Waals surface area contributed by atoms with Gasteiger partial charge in [-0.3, -0.25) is 4.68 Å². The monoisotopic (exact) mass is 350 g/mol. The summed E-state index contributed by atoms with van der Waals surface area (Å²) in [6.45, 7) is 2.87. The molecule has 1 fully saturated rings. The molecule has 9 heteroatoms. The average molecular weight is 350 g/mol. The van der Waals surface area contributed by atoms with Gasteiger partial charge < -0.3 is 4.90 Å². The summed E-state index contributed by atoms with van der Waals surface area (Å²) in [5.41, 5.74) is 0.684. The van der Waals surface area contributed by atoms with Crippen molar-refractivity contribution < 1.29 is 8.42 Å². The smallest absolute Gasteiger partial charge is 0.260 e. The van der Waals surface area contributed by atoms with Gasteiger partial charge in [-0.25, -0.2) is 8.42 Å². The van der Waals surface area contributed by atoms with Crippen LogP contribution in [0.1, 0.15) is 31.5 Å². The number of nitrogens with zero attached hydrogens (tertiary/aromatic N) is 6. The lowest BCUT2D eigenvalue weighted by Crippen LogP contribution is -2.32. The number of rotatable bonds is 5. The minimum absolute atomic E-state index is 0.231. The van der Waals surface area contributed by atoms with Crippen LogP contribution in [0.15, 0.2) is 29.4 Å². The van der Waals surface area contributed by atoms with E-state index in [1.165, 1.54) is 15.2 Å². The van der Waals surface area contributed by atoms with Crippen LogP contribution in [0, 0.1) is 0 Å². The third-order valence-electron chi connectivity index (χ3n) is 4.22. The van der Waals surface area contributed by atoms with Crippen LogP contribution in [-0.4, -0.2) is 53.3 Å². The van der Waals surface area contributed by atoms with Crippen molar-refractivity contribution in [1.29, 1.82) is 0 Å². The molecule has 130 valence electrons. The van der Waals surface area contributed by atoms with Gasteiger partial charge in [-0.2, -0.15) is 14.5 Å². The van der Waals surface area contributed by atoms with E-state index in [0.29, 0.717) is 18.8 Å². The van der Waals surface area contributed by atoms with Crippen molar-refractivity contribution in [3.8, 4) is 0 Å². The van der Waals surface area contributed by atoms with E-state index < -0.39 is 10.0 Å². The summed E-state index contributed by atoms with van der Waals surface area (Å²) in [7, 11) is 0.175. The maximum atomic E-state index is 13.0. The summed E-state index contributed by atoms with van der Waals surface area (Å²) in [6, 6.07) is 4.99. The van der Waals surface area contributed by atoms with Gasteiger partial charge in [0.15, 0.2) is 10.8 Å². The Kier molecular flexibility index (Phi) is 4.55. The zero-order chi connectivity index (χ0) is 17.3. The molecule has 0 spiro atoms. The summed E-state index contributed by atoms with van der Waals surface area (Å²) >= 11 is 0. The molecule has 3 rings (SSSR count). The van der Waals surface area contributed by atoms with E-state index in [1.54, 1.807) is 6.07 Å². The molecule has 0 radical (unpaired) electrons. The van der Waals surface area contributed by atoms with Crippen molar-refractivity contribution in [3.05, 3.63) is 30.1 Å². The predicted molar refractivity (Wildman–Crippen MR) is 90.1 cm³/mol. The number of hydrogen-bond donors (Lipinski definition) is 0. The first-order valence-electron chi connectivity index (χ1n) is 7.99. The number of anilines is 1. The highest BCUT2D eigenvalue weighted by Gasteiger charge is 2.38. The normalized spacial score (nSPS) is 18.9. The molecule has 1 saturated heterocycles. The Bertz CT molecular complexity index is 800. The summed E-state index contributed by atoms with van der Waals surface area (Å²) in [6.07, 6.45) is 3.07. The molecule has 0 bridgehead atoms. The molecule has 0 N–H and O–H groups in total. The van der Waals surface area contributed by atoms with Crippen LogP contribution in [0.3, 0.4) is 0 Å². The average Bonchev–Trinajstić information content (AvgIpc) is 3.24. The quantitative estimate of drug-likeness (QED) is 0.808. The molecule has 0 aliphatic carbocycles. The van der Waals surface area contributed by atoms with Gasteiger partial charge in [0.1, 0.15) is 0 Å². The minimum atomic E-state index is -3.61. The Morgan fingerprint density at radius 3 is 2.67 bits per heavy atom. The van der Waals surface area contributed by atoms with Crippen molar-refractivity contribution in [2.24, 2.45) is 0 Å². The molecule has 1 unspecified atom stereocenters. The van der Waals surface area contributed by atoms with Crippen LogP contribution in [0.2, 0.25) is 0 Å². The Hall–Kier alpha value is -2.00. The number of sulfonamides is 1. The second kappa shape index (κ2) is 6.48. The first-order valence-corrected chi connectivity index (χ1v) is 9.43. The summed E-state index contributed by atoms with van der Waals surface area (Å²) in [5.74, 6) is 0.746. The molecule has 8 nitrogen and oxygen atoms in total. The molecule has 0 amide bonds. The topological polar surface area (TPSA) is 84.2 Å². The van der Waals surface area contributed by atoms with Crippen molar-refractivity contribution in [3.63, 3.8) is 0 Å². The zero-order valence-corrected chi connectivity index (χ0v) is 14.9. The van der Waals surface area contributed by atoms with Crippen LogP contribution in [0.5, 0.6) is 0 Å². The van der Waals surface area contributed by atoms with E-state index in [2.05, 4.69) is 15.3 Å². The maximum absolute atomic E-state index is 13.0. The highest BCUT2D eigenvalue weighted by atomic mass is 32.2. The third kappa shape index (κ3) is 2.89. The molecular weight excluding hydrogens is 328 g/mol. The van der Waals surface area contributed by atoms with E-state index >= 15 is 0 Å². The van der Waals surface area contributed by atoms with E-state index in [4.69, 9.17) is 0 Å². The van der Waals surface area contributed by atoms with Crippen LogP contribution >= 0.6 is 0 Å². The molecule has 0 saturated carbocycles. The third-order valence-corrected chi connectivity index (χ3v) is 6.15. The standard InChI is InChI=1S/C15H22N6O2S/c1-4-20-15(9-10-16-20)24(22,23)21-11-5-6-13(21)12-7-8-14(18-17-12)19(2)3/h7-10,13H,4-6,11H2,1-3H3. The Morgan fingerprint density at radius 2 is 2.04 bits per heavy atom. The van der Waals surface area contributed by atoms with E-state index in [9.17, 15) is 8.42 Å². The van der Waals surface area contributed by atoms with Gasteiger partial charge in [-0.05, 0) is 38.0 Å². The Balaban J connectivity index is 1.93. The van der Waals surface area contributed by atoms with E-state index in [1.807, 2.05) is 38.1 Å². The SMILES string of the molecule is CCn1nccc1S(=O)(=O)N1CCCC1c1ccc(N(C)C)nn1. The number of aryl methyl sites for hydroxylation is 1. The van der Waals surface area contributed by atoms with Crippen molar-refractivity contribution in [2.75, 3.05) is 25.5 Å². The van der Waals surface area contributed by atoms with E-state index in [-0.39, 0.29) is 11.1 Å². The lowest BCUT2D eigenvalue weighted by Gasteiger charge is -2.23. The largest absolute Gasteiger partial charge is 0.361 e. The van der Waals surface area contributed by atoms with Gasteiger partial charge >= 0.3 is 0 Å². The van der Waals surface area contributed by atoms with Crippen molar-refractivity contribution in [2.45, 2.75) is 37.4 Å². The Labute approximate surface area is 142 Å². The lowest BCUT2D eigenvalue weighted by atomic mass is 10.1. The first-order chi connectivity index (χ1) is 11.4. The fourth-order valence-corrected chi connectivity index (χ4v) is 4.81. The fourth-order valence-electron chi connectivity index (χ4n) is 2.97. The predicted octanol–water partition coefficient (Wildman–Crippen LogP) is 1.28. The fraction of sp³-hybridized carbons (Fsp3) is 0.533. The zero-order valence-electron chi connectivity index (χ0n) is 14.1. The molecule has 2 aromatic heterocycles. The van der Waals surface area contributed by atoms with Gasteiger partial charge in [0.05, 0.1) is 17.9 Å². The number of hydrogen-bond acceptors (Lipinski definition) is 6. The van der Waals surface area contributed by atoms with Crippen LogP contribution in [0.25, 0.3) is 0 Å². The minimum Gasteiger partial charge on any atom is -0.361 e. The van der Waals surface area contributed by atoms with Crippen LogP contribution in [0.4, 0.5) is 5.82 Å². The lowest BCUT2D eigenvalue weighted by molar-refractivity contribution is 0.382. The summed E-state index contributed by atoms with van der Waals surface area (Å²) in [5, 5.41) is 12.7. The summed E-state index contributed by atoms with van der Waals surface area (Å²) < 4.78 is 29.1. The maximum Gasteiger partial charge on any atom is 0.260 e. The van der Waals surface area contributed by atoms with Gasteiger partial charge in [-0.1, -0.05) is 0 Å². The molecule has 24 heavy (non-hydrogen) atoms. The highest BCUT2D eigenvalue weighted by Crippen LogP contribution is 2.35. The van der Waals surface area contributed by atoms with Crippen molar-refractivity contribution >= 4 is 15.8 Å². The molecule has 2 aromatic rings. The second-order valence-corrected chi connectivity index (χ2v) is 7.81. The first kappa shape index (κ1) is 16.8. The van der Waals surface area contributed by atoms with E-state index in [0.717, 1.165) is 18.7 Å². The van der Waals surface area contributed by atoms with Gasteiger partial charge in [-0.15, -0.1) is 5.10 Å². The molecule has 3 heterocycles. The Morgan fingerprint density at radius 1 is 1.25 bits per heavy atom. The molecule has 1 aliphatic rings.